The fourth-order valence-electron chi connectivity index (χ4n) is 5.45. The van der Waals surface area contributed by atoms with Gasteiger partial charge in [0.2, 0.25) is 17.7 Å². The van der Waals surface area contributed by atoms with Crippen LogP contribution in [0.15, 0.2) is 76.6 Å². The number of methoxy groups -OCH3 is 1. The number of benzene rings is 3. The molecule has 15 heteroatoms. The van der Waals surface area contributed by atoms with Crippen molar-refractivity contribution >= 4 is 75.4 Å². The number of ether oxygens (including phenoxy) is 1. The number of anilines is 2. The van der Waals surface area contributed by atoms with E-state index in [1.165, 1.54) is 13.2 Å². The molecule has 3 aromatic carbocycles. The number of nitrogens with zero attached hydrogens (tertiary/aromatic N) is 2. The Hall–Kier alpha value is -3.78. The summed E-state index contributed by atoms with van der Waals surface area (Å²) < 4.78 is 45.9. The summed E-state index contributed by atoms with van der Waals surface area (Å²) in [6.45, 7) is -0.550. The van der Waals surface area contributed by atoms with Crippen molar-refractivity contribution in [1.82, 2.24) is 4.57 Å². The highest BCUT2D eigenvalue weighted by Gasteiger charge is 2.57. The van der Waals surface area contributed by atoms with E-state index in [0.29, 0.717) is 21.9 Å². The van der Waals surface area contributed by atoms with Crippen LogP contribution in [0.3, 0.4) is 0 Å². The molecule has 8 nitrogen and oxygen atoms in total. The first kappa shape index (κ1) is 31.2. The number of imide groups is 1. The Kier molecular flexibility index (Phi) is 8.23. The van der Waals surface area contributed by atoms with E-state index in [4.69, 9.17) is 27.9 Å². The lowest BCUT2D eigenvalue weighted by Crippen LogP contribution is -2.33. The van der Waals surface area contributed by atoms with Crippen LogP contribution in [-0.2, 0) is 27.1 Å². The summed E-state index contributed by atoms with van der Waals surface area (Å²) in [5.74, 6) is -3.06. The first-order valence-electron chi connectivity index (χ1n) is 13.2. The van der Waals surface area contributed by atoms with Crippen LogP contribution in [0, 0.1) is 5.92 Å². The molecule has 0 aliphatic carbocycles. The van der Waals surface area contributed by atoms with Crippen molar-refractivity contribution in [2.45, 2.75) is 28.9 Å². The van der Waals surface area contributed by atoms with Crippen LogP contribution in [0.2, 0.25) is 10.0 Å². The maximum Gasteiger partial charge on any atom is 0.416 e. The van der Waals surface area contributed by atoms with Crippen LogP contribution >= 0.6 is 46.3 Å². The number of carbonyl (C=O) groups is 3. The molecule has 1 fully saturated rings. The molecule has 3 heterocycles. The van der Waals surface area contributed by atoms with Crippen molar-refractivity contribution in [2.24, 2.45) is 5.92 Å². The number of amides is 3. The number of nitrogens with one attached hydrogen (secondary N) is 1. The molecule has 2 aliphatic rings. The van der Waals surface area contributed by atoms with Gasteiger partial charge in [-0.3, -0.25) is 23.7 Å². The maximum atomic E-state index is 14.0. The van der Waals surface area contributed by atoms with E-state index in [1.54, 1.807) is 42.5 Å². The van der Waals surface area contributed by atoms with E-state index in [-0.39, 0.29) is 20.8 Å². The molecule has 2 aliphatic heterocycles. The molecule has 3 amide bonds. The Morgan fingerprint density at radius 1 is 1.00 bits per heavy atom. The molecule has 0 radical (unpaired) electrons. The van der Waals surface area contributed by atoms with Gasteiger partial charge in [0.25, 0.3) is 0 Å². The van der Waals surface area contributed by atoms with Crippen LogP contribution in [0.5, 0.6) is 5.75 Å². The zero-order valence-electron chi connectivity index (χ0n) is 22.9. The van der Waals surface area contributed by atoms with Gasteiger partial charge in [-0.05, 0) is 54.1 Å². The summed E-state index contributed by atoms with van der Waals surface area (Å²) in [6.07, 6.45) is -4.61. The first-order chi connectivity index (χ1) is 21.4. The van der Waals surface area contributed by atoms with Gasteiger partial charge in [0, 0.05) is 16.5 Å². The van der Waals surface area contributed by atoms with Gasteiger partial charge in [-0.25, -0.2) is 4.90 Å². The summed E-state index contributed by atoms with van der Waals surface area (Å²) in [7, 11) is 1.49. The van der Waals surface area contributed by atoms with Crippen molar-refractivity contribution in [2.75, 3.05) is 17.3 Å². The van der Waals surface area contributed by atoms with Gasteiger partial charge in [-0.15, -0.1) is 0 Å². The fourth-order valence-corrected chi connectivity index (χ4v) is 8.64. The lowest BCUT2D eigenvalue weighted by atomic mass is 9.83. The monoisotopic (exact) mass is 693 g/mol. The van der Waals surface area contributed by atoms with E-state index in [2.05, 4.69) is 5.32 Å². The van der Waals surface area contributed by atoms with E-state index in [0.717, 1.165) is 50.8 Å². The average Bonchev–Trinajstić information content (AvgIpc) is 3.44. The minimum atomic E-state index is -4.61. The number of aromatic nitrogens is 1. The van der Waals surface area contributed by atoms with Gasteiger partial charge in [-0.2, -0.15) is 13.2 Å². The maximum absolute atomic E-state index is 14.0. The van der Waals surface area contributed by atoms with Crippen molar-refractivity contribution in [3.05, 3.63) is 102 Å². The molecular formula is C30H20Cl2F3N3O5S2. The minimum Gasteiger partial charge on any atom is -0.497 e. The van der Waals surface area contributed by atoms with E-state index in [9.17, 15) is 32.3 Å². The Balaban J connectivity index is 1.40. The molecule has 232 valence electrons. The number of fused-ring (bicyclic) bond motifs is 2. The van der Waals surface area contributed by atoms with Crippen LogP contribution in [-0.4, -0.2) is 34.6 Å². The molecule has 4 aromatic rings. The largest absolute Gasteiger partial charge is 0.497 e. The average molecular weight is 695 g/mol. The molecule has 1 aromatic heterocycles. The lowest BCUT2D eigenvalue weighted by Gasteiger charge is -2.31. The number of alkyl halides is 3. The van der Waals surface area contributed by atoms with Gasteiger partial charge >= 0.3 is 11.0 Å². The summed E-state index contributed by atoms with van der Waals surface area (Å²) in [4.78, 5) is 55.2. The van der Waals surface area contributed by atoms with Crippen molar-refractivity contribution in [3.8, 4) is 5.75 Å². The summed E-state index contributed by atoms with van der Waals surface area (Å²) >= 11 is 14.8. The standard InChI is InChI=1S/C30H20Cl2F3N3O5S2/c1-43-17-10-8-16(9-11-17)38-26(40)22-21(18-6-3-7-19(31)23(18)32)25-28(44-24(22)27(38)41)37(29(42)45-25)13-20(39)36-15-5-2-4-14(12-15)30(33,34)35/h2-12,21-22,24H,13H2,1H3,(H,36,39). The Morgan fingerprint density at radius 3 is 2.40 bits per heavy atom. The topological polar surface area (TPSA) is 97.7 Å². The van der Waals surface area contributed by atoms with Crippen LogP contribution in [0.4, 0.5) is 24.5 Å². The van der Waals surface area contributed by atoms with Gasteiger partial charge in [0.15, 0.2) is 0 Å². The second-order valence-corrected chi connectivity index (χ2v) is 13.1. The number of halogens is 5. The minimum absolute atomic E-state index is 0.102. The molecule has 0 saturated carbocycles. The normalized spacial score (nSPS) is 19.3. The smallest absolute Gasteiger partial charge is 0.416 e. The number of carbonyl (C=O) groups excluding carboxylic acids is 3. The van der Waals surface area contributed by atoms with Crippen molar-refractivity contribution in [3.63, 3.8) is 0 Å². The summed E-state index contributed by atoms with van der Waals surface area (Å²) in [5, 5.41) is 2.06. The third-order valence-electron chi connectivity index (χ3n) is 7.47. The van der Waals surface area contributed by atoms with Gasteiger partial charge in [0.1, 0.15) is 17.5 Å². The predicted molar refractivity (Wildman–Crippen MR) is 166 cm³/mol. The Bertz CT molecular complexity index is 1910. The van der Waals surface area contributed by atoms with Crippen LogP contribution in [0.25, 0.3) is 0 Å². The highest BCUT2D eigenvalue weighted by Crippen LogP contribution is 2.55. The summed E-state index contributed by atoms with van der Waals surface area (Å²) in [5.41, 5.74) is -0.285. The number of thiazole rings is 1. The molecule has 3 unspecified atom stereocenters. The molecule has 1 saturated heterocycles. The van der Waals surface area contributed by atoms with E-state index in [1.807, 2.05) is 0 Å². The second-order valence-electron chi connectivity index (χ2n) is 10.1. The third kappa shape index (κ3) is 5.62. The SMILES string of the molecule is COc1ccc(N2C(=O)C3Sc4c(sc(=O)n4CC(=O)Nc4cccc(C(F)(F)F)c4)C(c4cccc(Cl)c4Cl)C3C2=O)cc1. The van der Waals surface area contributed by atoms with Gasteiger partial charge in [-0.1, -0.05) is 64.5 Å². The lowest BCUT2D eigenvalue weighted by molar-refractivity contribution is -0.137. The summed E-state index contributed by atoms with van der Waals surface area (Å²) in [6, 6.07) is 15.4. The quantitative estimate of drug-likeness (QED) is 0.227. The highest BCUT2D eigenvalue weighted by molar-refractivity contribution is 8.00. The number of rotatable bonds is 6. The first-order valence-corrected chi connectivity index (χ1v) is 15.7. The molecule has 45 heavy (non-hydrogen) atoms. The zero-order valence-corrected chi connectivity index (χ0v) is 26.1. The molecule has 1 N–H and O–H groups in total. The van der Waals surface area contributed by atoms with Gasteiger partial charge in [0.05, 0.1) is 39.3 Å². The zero-order chi connectivity index (χ0) is 32.2. The van der Waals surface area contributed by atoms with Crippen LogP contribution in [0.1, 0.15) is 21.9 Å². The highest BCUT2D eigenvalue weighted by atomic mass is 35.5. The number of thioether (sulfide) groups is 1. The van der Waals surface area contributed by atoms with E-state index >= 15 is 0 Å². The number of hydrogen-bond donors (Lipinski definition) is 1. The molecule has 3 atom stereocenters. The van der Waals surface area contributed by atoms with E-state index < -0.39 is 58.0 Å². The molecule has 0 spiro atoms. The Labute approximate surface area is 271 Å². The van der Waals surface area contributed by atoms with Gasteiger partial charge < -0.3 is 10.1 Å². The number of hydrogen-bond acceptors (Lipinski definition) is 7. The third-order valence-corrected chi connectivity index (χ3v) is 10.9. The fraction of sp³-hybridized carbons (Fsp3) is 0.200. The second kappa shape index (κ2) is 11.9. The predicted octanol–water partition coefficient (Wildman–Crippen LogP) is 6.68. The molecule has 6 rings (SSSR count). The molecule has 0 bridgehead atoms. The Morgan fingerprint density at radius 2 is 1.71 bits per heavy atom. The molecular weight excluding hydrogens is 674 g/mol. The van der Waals surface area contributed by atoms with Crippen molar-refractivity contribution < 1.29 is 32.3 Å². The van der Waals surface area contributed by atoms with Crippen molar-refractivity contribution in [1.29, 1.82) is 0 Å². The van der Waals surface area contributed by atoms with Crippen LogP contribution < -0.4 is 19.8 Å².